The molecule has 4 nitrogen and oxygen atoms in total. The SMILES string of the molecule is N[C@@H]1CC[C@]2(CN=C(N3CCc4ccccc4[C@@H]3c3ccc(F)cc3)O2)C1. The average molecular weight is 365 g/mol. The Bertz CT molecular complexity index is 881. The lowest BCUT2D eigenvalue weighted by molar-refractivity contribution is 0.0682. The highest BCUT2D eigenvalue weighted by molar-refractivity contribution is 5.78. The van der Waals surface area contributed by atoms with Crippen molar-refractivity contribution in [3.05, 3.63) is 71.0 Å². The van der Waals surface area contributed by atoms with Crippen molar-refractivity contribution in [2.75, 3.05) is 13.1 Å². The van der Waals surface area contributed by atoms with Crippen LogP contribution in [0.2, 0.25) is 0 Å². The van der Waals surface area contributed by atoms with Gasteiger partial charge in [-0.2, -0.15) is 0 Å². The maximum Gasteiger partial charge on any atom is 0.288 e. The van der Waals surface area contributed by atoms with Gasteiger partial charge < -0.3 is 15.4 Å². The van der Waals surface area contributed by atoms with E-state index in [1.54, 1.807) is 0 Å². The van der Waals surface area contributed by atoms with Crippen molar-refractivity contribution in [2.45, 2.75) is 43.4 Å². The molecule has 1 saturated carbocycles. The Morgan fingerprint density at radius 1 is 1.15 bits per heavy atom. The Kier molecular flexibility index (Phi) is 3.93. The molecule has 1 fully saturated rings. The third-order valence-electron chi connectivity index (χ3n) is 6.13. The molecule has 1 aliphatic carbocycles. The summed E-state index contributed by atoms with van der Waals surface area (Å²) in [5.74, 6) is -0.220. The van der Waals surface area contributed by atoms with Gasteiger partial charge in [-0.3, -0.25) is 0 Å². The molecular weight excluding hydrogens is 341 g/mol. The van der Waals surface area contributed by atoms with E-state index in [1.165, 1.54) is 23.3 Å². The highest BCUT2D eigenvalue weighted by Gasteiger charge is 2.46. The van der Waals surface area contributed by atoms with Crippen LogP contribution in [0.5, 0.6) is 0 Å². The van der Waals surface area contributed by atoms with Crippen molar-refractivity contribution in [1.82, 2.24) is 4.90 Å². The van der Waals surface area contributed by atoms with Crippen LogP contribution in [0.15, 0.2) is 53.5 Å². The smallest absolute Gasteiger partial charge is 0.288 e. The molecule has 0 radical (unpaired) electrons. The number of nitrogens with zero attached hydrogens (tertiary/aromatic N) is 2. The molecule has 2 aromatic carbocycles. The van der Waals surface area contributed by atoms with Crippen molar-refractivity contribution in [3.8, 4) is 0 Å². The number of amidine groups is 1. The number of hydrogen-bond acceptors (Lipinski definition) is 4. The first-order valence-electron chi connectivity index (χ1n) is 9.73. The molecule has 0 bridgehead atoms. The highest BCUT2D eigenvalue weighted by Crippen LogP contribution is 2.41. The fraction of sp³-hybridized carbons (Fsp3) is 0.409. The number of ether oxygens (including phenoxy) is 1. The van der Waals surface area contributed by atoms with Gasteiger partial charge >= 0.3 is 0 Å². The molecule has 2 aromatic rings. The van der Waals surface area contributed by atoms with Gasteiger partial charge in [0.1, 0.15) is 11.4 Å². The number of nitrogens with two attached hydrogens (primary N) is 1. The number of fused-ring (bicyclic) bond motifs is 1. The first-order chi connectivity index (χ1) is 13.1. The zero-order chi connectivity index (χ0) is 18.4. The average Bonchev–Trinajstić information content (AvgIpc) is 3.27. The summed E-state index contributed by atoms with van der Waals surface area (Å²) in [6.07, 6.45) is 3.77. The fourth-order valence-electron chi connectivity index (χ4n) is 4.76. The van der Waals surface area contributed by atoms with Gasteiger partial charge in [0.05, 0.1) is 12.6 Å². The van der Waals surface area contributed by atoms with Crippen molar-refractivity contribution >= 4 is 6.02 Å². The van der Waals surface area contributed by atoms with Gasteiger partial charge in [-0.25, -0.2) is 9.38 Å². The van der Waals surface area contributed by atoms with Crippen LogP contribution < -0.4 is 5.73 Å². The van der Waals surface area contributed by atoms with Crippen LogP contribution >= 0.6 is 0 Å². The summed E-state index contributed by atoms with van der Waals surface area (Å²) in [6, 6.07) is 16.2. The summed E-state index contributed by atoms with van der Waals surface area (Å²) in [6.45, 7) is 1.52. The van der Waals surface area contributed by atoms with E-state index in [-0.39, 0.29) is 23.5 Å². The zero-order valence-corrected chi connectivity index (χ0v) is 15.3. The predicted molar refractivity (Wildman–Crippen MR) is 103 cm³/mol. The minimum atomic E-state index is -0.223. The largest absolute Gasteiger partial charge is 0.456 e. The normalized spacial score (nSPS) is 29.6. The van der Waals surface area contributed by atoms with E-state index in [9.17, 15) is 4.39 Å². The van der Waals surface area contributed by atoms with Gasteiger partial charge in [-0.1, -0.05) is 36.4 Å². The van der Waals surface area contributed by atoms with Gasteiger partial charge in [0.25, 0.3) is 6.02 Å². The molecular formula is C22H24FN3O. The van der Waals surface area contributed by atoms with Gasteiger partial charge in [0, 0.05) is 19.0 Å². The van der Waals surface area contributed by atoms with E-state index in [4.69, 9.17) is 15.5 Å². The van der Waals surface area contributed by atoms with Crippen molar-refractivity contribution in [1.29, 1.82) is 0 Å². The van der Waals surface area contributed by atoms with Crippen molar-refractivity contribution in [3.63, 3.8) is 0 Å². The molecule has 1 spiro atoms. The topological polar surface area (TPSA) is 50.8 Å². The number of aliphatic imine (C=N–C) groups is 1. The monoisotopic (exact) mass is 365 g/mol. The zero-order valence-electron chi connectivity index (χ0n) is 15.3. The Morgan fingerprint density at radius 2 is 1.96 bits per heavy atom. The van der Waals surface area contributed by atoms with E-state index < -0.39 is 0 Å². The summed E-state index contributed by atoms with van der Waals surface area (Å²) in [4.78, 5) is 7.03. The Hall–Kier alpha value is -2.40. The van der Waals surface area contributed by atoms with Gasteiger partial charge in [0.15, 0.2) is 0 Å². The fourth-order valence-corrected chi connectivity index (χ4v) is 4.76. The summed E-state index contributed by atoms with van der Waals surface area (Å²) in [5, 5.41) is 0. The molecule has 27 heavy (non-hydrogen) atoms. The third-order valence-corrected chi connectivity index (χ3v) is 6.13. The van der Waals surface area contributed by atoms with Crippen LogP contribution in [0.25, 0.3) is 0 Å². The van der Waals surface area contributed by atoms with Crippen LogP contribution in [0.1, 0.15) is 42.0 Å². The molecule has 0 unspecified atom stereocenters. The molecule has 3 aliphatic rings. The lowest BCUT2D eigenvalue weighted by atomic mass is 9.88. The summed E-state index contributed by atoms with van der Waals surface area (Å²) in [7, 11) is 0. The van der Waals surface area contributed by atoms with Crippen LogP contribution in [-0.4, -0.2) is 35.7 Å². The van der Waals surface area contributed by atoms with E-state index in [0.717, 1.165) is 37.8 Å². The number of halogens is 1. The minimum Gasteiger partial charge on any atom is -0.456 e. The number of rotatable bonds is 1. The van der Waals surface area contributed by atoms with Gasteiger partial charge in [0.2, 0.25) is 0 Å². The molecule has 5 rings (SSSR count). The van der Waals surface area contributed by atoms with Gasteiger partial charge in [-0.05, 0) is 48.1 Å². The molecule has 0 amide bonds. The van der Waals surface area contributed by atoms with E-state index >= 15 is 0 Å². The molecule has 2 heterocycles. The maximum absolute atomic E-state index is 13.5. The molecule has 3 atom stereocenters. The lowest BCUT2D eigenvalue weighted by Crippen LogP contribution is -2.43. The van der Waals surface area contributed by atoms with E-state index in [1.807, 2.05) is 12.1 Å². The quantitative estimate of drug-likeness (QED) is 0.843. The summed E-state index contributed by atoms with van der Waals surface area (Å²) < 4.78 is 19.9. The Balaban J connectivity index is 1.51. The first kappa shape index (κ1) is 16.8. The molecule has 5 heteroatoms. The summed E-state index contributed by atoms with van der Waals surface area (Å²) >= 11 is 0. The molecule has 2 aliphatic heterocycles. The van der Waals surface area contributed by atoms with Crippen molar-refractivity contribution < 1.29 is 9.13 Å². The molecule has 0 saturated heterocycles. The number of hydrogen-bond donors (Lipinski definition) is 1. The third kappa shape index (κ3) is 2.90. The Labute approximate surface area is 158 Å². The Morgan fingerprint density at radius 3 is 2.74 bits per heavy atom. The van der Waals surface area contributed by atoms with Gasteiger partial charge in [-0.15, -0.1) is 0 Å². The molecule has 140 valence electrons. The van der Waals surface area contributed by atoms with E-state index in [2.05, 4.69) is 29.2 Å². The standard InChI is InChI=1S/C22H24FN3O/c23-17-7-5-16(6-8-17)20-19-4-2-1-3-15(19)10-12-26(20)21-25-14-22(27-21)11-9-18(24)13-22/h1-8,18,20H,9-14,24H2/t18-,20+,22-/m1/s1. The van der Waals surface area contributed by atoms with Crippen molar-refractivity contribution in [2.24, 2.45) is 10.7 Å². The first-order valence-corrected chi connectivity index (χ1v) is 9.73. The maximum atomic E-state index is 13.5. The molecule has 2 N–H and O–H groups in total. The van der Waals surface area contributed by atoms with Crippen LogP contribution in [0, 0.1) is 5.82 Å². The van der Waals surface area contributed by atoms with Crippen LogP contribution in [-0.2, 0) is 11.2 Å². The predicted octanol–water partition coefficient (Wildman–Crippen LogP) is 3.41. The number of benzene rings is 2. The van der Waals surface area contributed by atoms with Crippen LogP contribution in [0.3, 0.4) is 0 Å². The highest BCUT2D eigenvalue weighted by atomic mass is 19.1. The summed E-state index contributed by atoms with van der Waals surface area (Å²) in [5.41, 5.74) is 9.53. The second-order valence-electron chi connectivity index (χ2n) is 7.98. The second kappa shape index (κ2) is 6.34. The minimum absolute atomic E-state index is 0.0143. The lowest BCUT2D eigenvalue weighted by Gasteiger charge is -2.39. The van der Waals surface area contributed by atoms with E-state index in [0.29, 0.717) is 12.6 Å². The molecule has 0 aromatic heterocycles. The van der Waals surface area contributed by atoms with Crippen LogP contribution in [0.4, 0.5) is 4.39 Å². The second-order valence-corrected chi connectivity index (χ2v) is 7.98.